The molecule has 1 heterocycles. The number of fused-ring (bicyclic) bond motifs is 1. The number of methoxy groups -OCH3 is 1. The lowest BCUT2D eigenvalue weighted by molar-refractivity contribution is 0.415. The molecule has 14 heavy (non-hydrogen) atoms. The van der Waals surface area contributed by atoms with Crippen LogP contribution in [0.5, 0.6) is 5.75 Å². The Kier molecular flexibility index (Phi) is 3.69. The first-order valence-electron chi connectivity index (χ1n) is 3.97. The van der Waals surface area contributed by atoms with E-state index in [1.807, 2.05) is 18.2 Å². The zero-order valence-corrected chi connectivity index (χ0v) is 9.32. The van der Waals surface area contributed by atoms with Gasteiger partial charge in [-0.15, -0.1) is 23.7 Å². The molecule has 0 atom stereocenters. The van der Waals surface area contributed by atoms with Gasteiger partial charge in [0.25, 0.3) is 0 Å². The predicted molar refractivity (Wildman–Crippen MR) is 61.3 cm³/mol. The number of hydrogen-bond acceptors (Lipinski definition) is 4. The summed E-state index contributed by atoms with van der Waals surface area (Å²) in [5, 5.41) is 0.961. The van der Waals surface area contributed by atoms with Crippen molar-refractivity contribution in [2.75, 3.05) is 7.11 Å². The molecule has 0 saturated carbocycles. The van der Waals surface area contributed by atoms with Crippen LogP contribution in [0.1, 0.15) is 5.01 Å². The monoisotopic (exact) mass is 230 g/mol. The SMILES string of the molecule is COc1ccc2sc(CN)nc2c1.Cl. The zero-order valence-electron chi connectivity index (χ0n) is 7.69. The standard InChI is InChI=1S/C9H10N2OS.ClH/c1-12-6-2-3-8-7(4-6)11-9(5-10)13-8;/h2-4H,5,10H2,1H3;1H. The summed E-state index contributed by atoms with van der Waals surface area (Å²) in [4.78, 5) is 4.35. The zero-order chi connectivity index (χ0) is 9.26. The lowest BCUT2D eigenvalue weighted by Crippen LogP contribution is -1.93. The third kappa shape index (κ3) is 1.97. The lowest BCUT2D eigenvalue weighted by Gasteiger charge is -1.96. The molecule has 0 aliphatic rings. The van der Waals surface area contributed by atoms with Gasteiger partial charge in [0.05, 0.1) is 17.3 Å². The molecule has 0 radical (unpaired) electrons. The van der Waals surface area contributed by atoms with Gasteiger partial charge >= 0.3 is 0 Å². The average Bonchev–Trinajstić information content (AvgIpc) is 2.58. The number of benzene rings is 1. The van der Waals surface area contributed by atoms with Crippen molar-refractivity contribution in [3.8, 4) is 5.75 Å². The van der Waals surface area contributed by atoms with Gasteiger partial charge in [-0.1, -0.05) is 0 Å². The van der Waals surface area contributed by atoms with Gasteiger partial charge in [0.1, 0.15) is 10.8 Å². The van der Waals surface area contributed by atoms with Gasteiger partial charge < -0.3 is 10.5 Å². The van der Waals surface area contributed by atoms with Gasteiger partial charge in [-0.25, -0.2) is 4.98 Å². The summed E-state index contributed by atoms with van der Waals surface area (Å²) in [5.41, 5.74) is 6.46. The van der Waals surface area contributed by atoms with E-state index in [4.69, 9.17) is 10.5 Å². The Hall–Kier alpha value is -0.840. The van der Waals surface area contributed by atoms with Gasteiger partial charge in [0.15, 0.2) is 0 Å². The van der Waals surface area contributed by atoms with Gasteiger partial charge in [-0.2, -0.15) is 0 Å². The van der Waals surface area contributed by atoms with Crippen molar-refractivity contribution in [2.45, 2.75) is 6.54 Å². The first-order chi connectivity index (χ1) is 6.33. The summed E-state index contributed by atoms with van der Waals surface area (Å²) in [5.74, 6) is 0.835. The molecule has 0 unspecified atom stereocenters. The molecule has 1 aromatic heterocycles. The van der Waals surface area contributed by atoms with Crippen LogP contribution in [0.15, 0.2) is 18.2 Å². The molecule has 2 N–H and O–H groups in total. The van der Waals surface area contributed by atoms with Crippen molar-refractivity contribution in [3.05, 3.63) is 23.2 Å². The summed E-state index contributed by atoms with van der Waals surface area (Å²) in [6.07, 6.45) is 0. The van der Waals surface area contributed by atoms with E-state index in [-0.39, 0.29) is 12.4 Å². The maximum absolute atomic E-state index is 5.50. The summed E-state index contributed by atoms with van der Waals surface area (Å²) in [6.45, 7) is 0.502. The van der Waals surface area contributed by atoms with E-state index in [0.717, 1.165) is 21.0 Å². The fourth-order valence-corrected chi connectivity index (χ4v) is 2.00. The number of halogens is 1. The normalized spacial score (nSPS) is 9.86. The van der Waals surface area contributed by atoms with E-state index in [2.05, 4.69) is 4.98 Å². The van der Waals surface area contributed by atoms with Crippen LogP contribution < -0.4 is 10.5 Å². The van der Waals surface area contributed by atoms with E-state index in [1.165, 1.54) is 0 Å². The summed E-state index contributed by atoms with van der Waals surface area (Å²) in [7, 11) is 1.65. The van der Waals surface area contributed by atoms with E-state index >= 15 is 0 Å². The smallest absolute Gasteiger partial charge is 0.121 e. The molecule has 1 aromatic carbocycles. The molecule has 0 bridgehead atoms. The number of nitrogens with zero attached hydrogens (tertiary/aromatic N) is 1. The van der Waals surface area contributed by atoms with Crippen LogP contribution in [0.25, 0.3) is 10.2 Å². The Balaban J connectivity index is 0.000000980. The summed E-state index contributed by atoms with van der Waals surface area (Å²) in [6, 6.07) is 5.86. The van der Waals surface area contributed by atoms with Crippen molar-refractivity contribution in [1.82, 2.24) is 4.98 Å². The van der Waals surface area contributed by atoms with Gasteiger partial charge in [0.2, 0.25) is 0 Å². The molecular weight excluding hydrogens is 220 g/mol. The Labute approximate surface area is 92.3 Å². The van der Waals surface area contributed by atoms with Gasteiger partial charge in [0, 0.05) is 12.6 Å². The average molecular weight is 231 g/mol. The minimum Gasteiger partial charge on any atom is -0.497 e. The van der Waals surface area contributed by atoms with Gasteiger partial charge in [-0.3, -0.25) is 0 Å². The molecule has 76 valence electrons. The third-order valence-corrected chi connectivity index (χ3v) is 2.87. The fourth-order valence-electron chi connectivity index (χ4n) is 1.17. The molecule has 5 heteroatoms. The maximum atomic E-state index is 5.50. The number of aromatic nitrogens is 1. The van der Waals surface area contributed by atoms with Crippen molar-refractivity contribution in [3.63, 3.8) is 0 Å². The van der Waals surface area contributed by atoms with Crippen LogP contribution in [0.4, 0.5) is 0 Å². The molecule has 0 saturated heterocycles. The van der Waals surface area contributed by atoms with E-state index in [0.29, 0.717) is 6.54 Å². The molecule has 2 rings (SSSR count). The van der Waals surface area contributed by atoms with Crippen LogP contribution in [0, 0.1) is 0 Å². The molecule has 0 aliphatic heterocycles. The van der Waals surface area contributed by atoms with E-state index in [9.17, 15) is 0 Å². The van der Waals surface area contributed by atoms with Crippen molar-refractivity contribution < 1.29 is 4.74 Å². The number of hydrogen-bond donors (Lipinski definition) is 1. The molecule has 0 spiro atoms. The van der Waals surface area contributed by atoms with Crippen LogP contribution in [0.3, 0.4) is 0 Å². The first-order valence-corrected chi connectivity index (χ1v) is 4.78. The second-order valence-corrected chi connectivity index (χ2v) is 3.76. The molecule has 3 nitrogen and oxygen atoms in total. The number of ether oxygens (including phenoxy) is 1. The summed E-state index contributed by atoms with van der Waals surface area (Å²) < 4.78 is 6.25. The highest BCUT2D eigenvalue weighted by Crippen LogP contribution is 2.25. The topological polar surface area (TPSA) is 48.1 Å². The predicted octanol–water partition coefficient (Wildman–Crippen LogP) is 2.19. The summed E-state index contributed by atoms with van der Waals surface area (Å²) >= 11 is 1.62. The first kappa shape index (κ1) is 11.2. The highest BCUT2D eigenvalue weighted by atomic mass is 35.5. The minimum atomic E-state index is 0. The highest BCUT2D eigenvalue weighted by Gasteiger charge is 2.02. The van der Waals surface area contributed by atoms with Crippen LogP contribution >= 0.6 is 23.7 Å². The number of thiazole rings is 1. The molecule has 0 aliphatic carbocycles. The van der Waals surface area contributed by atoms with Crippen molar-refractivity contribution in [1.29, 1.82) is 0 Å². The van der Waals surface area contributed by atoms with Crippen molar-refractivity contribution in [2.24, 2.45) is 5.73 Å². The Morgan fingerprint density at radius 1 is 1.50 bits per heavy atom. The largest absolute Gasteiger partial charge is 0.497 e. The Morgan fingerprint density at radius 3 is 2.93 bits per heavy atom. The number of rotatable bonds is 2. The second kappa shape index (κ2) is 4.59. The van der Waals surface area contributed by atoms with E-state index in [1.54, 1.807) is 18.4 Å². The molecular formula is C9H11ClN2OS. The fraction of sp³-hybridized carbons (Fsp3) is 0.222. The molecule has 0 amide bonds. The van der Waals surface area contributed by atoms with Crippen molar-refractivity contribution >= 4 is 34.0 Å². The minimum absolute atomic E-state index is 0. The van der Waals surface area contributed by atoms with E-state index < -0.39 is 0 Å². The third-order valence-electron chi connectivity index (χ3n) is 1.81. The number of nitrogens with two attached hydrogens (primary N) is 1. The molecule has 2 aromatic rings. The maximum Gasteiger partial charge on any atom is 0.121 e. The van der Waals surface area contributed by atoms with Gasteiger partial charge in [-0.05, 0) is 12.1 Å². The van der Waals surface area contributed by atoms with Crippen LogP contribution in [-0.2, 0) is 6.54 Å². The Morgan fingerprint density at radius 2 is 2.29 bits per heavy atom. The highest BCUT2D eigenvalue weighted by molar-refractivity contribution is 7.18. The quantitative estimate of drug-likeness (QED) is 0.861. The lowest BCUT2D eigenvalue weighted by atomic mass is 10.3. The molecule has 0 fully saturated rings. The Bertz CT molecular complexity index is 428. The van der Waals surface area contributed by atoms with Crippen LogP contribution in [0.2, 0.25) is 0 Å². The van der Waals surface area contributed by atoms with Crippen LogP contribution in [-0.4, -0.2) is 12.1 Å². The second-order valence-electron chi connectivity index (χ2n) is 2.65.